The fourth-order valence-corrected chi connectivity index (χ4v) is 2.68. The number of nitrogens with zero attached hydrogens (tertiary/aromatic N) is 3. The summed E-state index contributed by atoms with van der Waals surface area (Å²) in [7, 11) is 1.67. The van der Waals surface area contributed by atoms with Crippen molar-refractivity contribution in [3.05, 3.63) is 48.3 Å². The lowest BCUT2D eigenvalue weighted by Crippen LogP contribution is -1.97. The molecular formula is C16H13N3O. The molecule has 2 heterocycles. The monoisotopic (exact) mass is 263 g/mol. The van der Waals surface area contributed by atoms with Gasteiger partial charge in [-0.05, 0) is 37.3 Å². The number of fused-ring (bicyclic) bond motifs is 5. The van der Waals surface area contributed by atoms with Gasteiger partial charge in [-0.15, -0.1) is 0 Å². The molecule has 0 amide bonds. The summed E-state index contributed by atoms with van der Waals surface area (Å²) < 4.78 is 7.41. The summed E-state index contributed by atoms with van der Waals surface area (Å²) in [4.78, 5) is 9.42. The first kappa shape index (κ1) is 11.2. The van der Waals surface area contributed by atoms with Crippen LogP contribution in [-0.2, 0) is 0 Å². The number of benzene rings is 2. The zero-order valence-corrected chi connectivity index (χ0v) is 11.3. The van der Waals surface area contributed by atoms with Crippen molar-refractivity contribution in [1.82, 2.24) is 14.4 Å². The Labute approximate surface area is 115 Å². The van der Waals surface area contributed by atoms with E-state index in [-0.39, 0.29) is 0 Å². The van der Waals surface area contributed by atoms with Gasteiger partial charge in [-0.25, -0.2) is 9.97 Å². The average molecular weight is 263 g/mol. The Hall–Kier alpha value is -2.62. The van der Waals surface area contributed by atoms with Gasteiger partial charge in [0.15, 0.2) is 0 Å². The van der Waals surface area contributed by atoms with Gasteiger partial charge in [0.25, 0.3) is 0 Å². The Balaban J connectivity index is 2.27. The Morgan fingerprint density at radius 1 is 1.00 bits per heavy atom. The molecule has 2 aromatic heterocycles. The van der Waals surface area contributed by atoms with Crippen LogP contribution in [0.3, 0.4) is 0 Å². The molecule has 20 heavy (non-hydrogen) atoms. The van der Waals surface area contributed by atoms with Gasteiger partial charge >= 0.3 is 0 Å². The minimum absolute atomic E-state index is 0.817. The maximum Gasteiger partial charge on any atom is 0.148 e. The highest BCUT2D eigenvalue weighted by Crippen LogP contribution is 2.27. The number of imidazole rings is 1. The van der Waals surface area contributed by atoms with Crippen LogP contribution < -0.4 is 4.74 Å². The minimum atomic E-state index is 0.817. The van der Waals surface area contributed by atoms with E-state index in [0.717, 1.165) is 39.2 Å². The summed E-state index contributed by atoms with van der Waals surface area (Å²) in [6.45, 7) is 2.00. The molecule has 0 spiro atoms. The summed E-state index contributed by atoms with van der Waals surface area (Å²) in [5, 5.41) is 1.01. The van der Waals surface area contributed by atoms with Crippen LogP contribution in [0.15, 0.2) is 42.5 Å². The van der Waals surface area contributed by atoms with Crippen molar-refractivity contribution in [3.8, 4) is 5.75 Å². The Morgan fingerprint density at radius 2 is 1.85 bits per heavy atom. The molecule has 0 saturated heterocycles. The van der Waals surface area contributed by atoms with Crippen LogP contribution in [0.4, 0.5) is 0 Å². The van der Waals surface area contributed by atoms with Crippen molar-refractivity contribution in [2.24, 2.45) is 0 Å². The Morgan fingerprint density at radius 3 is 2.70 bits per heavy atom. The third-order valence-electron chi connectivity index (χ3n) is 3.61. The minimum Gasteiger partial charge on any atom is -0.497 e. The predicted molar refractivity (Wildman–Crippen MR) is 79.3 cm³/mol. The molecule has 2 aromatic carbocycles. The normalized spacial score (nSPS) is 11.5. The van der Waals surface area contributed by atoms with Gasteiger partial charge in [-0.3, -0.25) is 4.40 Å². The molecule has 0 aliphatic rings. The molecule has 0 atom stereocenters. The number of methoxy groups -OCH3 is 1. The summed E-state index contributed by atoms with van der Waals surface area (Å²) in [5.74, 6) is 1.75. The number of aryl methyl sites for hydroxylation is 1. The summed E-state index contributed by atoms with van der Waals surface area (Å²) >= 11 is 0. The van der Waals surface area contributed by atoms with Gasteiger partial charge in [-0.2, -0.15) is 0 Å². The third-order valence-corrected chi connectivity index (χ3v) is 3.61. The van der Waals surface area contributed by atoms with E-state index < -0.39 is 0 Å². The number of aromatic nitrogens is 3. The van der Waals surface area contributed by atoms with Gasteiger partial charge in [0, 0.05) is 5.39 Å². The second kappa shape index (κ2) is 3.93. The lowest BCUT2D eigenvalue weighted by Gasteiger charge is -2.06. The maximum atomic E-state index is 5.31. The molecular weight excluding hydrogens is 250 g/mol. The highest BCUT2D eigenvalue weighted by Gasteiger charge is 2.11. The second-order valence-corrected chi connectivity index (χ2v) is 4.80. The van der Waals surface area contributed by atoms with E-state index in [0.29, 0.717) is 0 Å². The third kappa shape index (κ3) is 1.42. The van der Waals surface area contributed by atoms with Crippen molar-refractivity contribution < 1.29 is 4.74 Å². The molecule has 0 unspecified atom stereocenters. The lowest BCUT2D eigenvalue weighted by molar-refractivity contribution is 0.415. The number of ether oxygens (including phenoxy) is 1. The predicted octanol–water partition coefficient (Wildman–Crippen LogP) is 3.35. The number of para-hydroxylation sites is 2. The molecule has 4 rings (SSSR count). The number of rotatable bonds is 1. The second-order valence-electron chi connectivity index (χ2n) is 4.80. The van der Waals surface area contributed by atoms with E-state index >= 15 is 0 Å². The van der Waals surface area contributed by atoms with Crippen LogP contribution in [0.5, 0.6) is 5.75 Å². The van der Waals surface area contributed by atoms with E-state index in [4.69, 9.17) is 9.72 Å². The first-order valence-electron chi connectivity index (χ1n) is 6.49. The SMILES string of the molecule is COc1ccc2nc(C)n3c4ccccc4nc3c2c1. The first-order valence-corrected chi connectivity index (χ1v) is 6.49. The molecule has 98 valence electrons. The van der Waals surface area contributed by atoms with Crippen LogP contribution >= 0.6 is 0 Å². The summed E-state index contributed by atoms with van der Waals surface area (Å²) in [5.41, 5.74) is 3.92. The largest absolute Gasteiger partial charge is 0.497 e. The van der Waals surface area contributed by atoms with E-state index in [9.17, 15) is 0 Å². The molecule has 0 radical (unpaired) electrons. The quantitative estimate of drug-likeness (QED) is 0.528. The molecule has 4 heteroatoms. The van der Waals surface area contributed by atoms with E-state index in [1.807, 2.05) is 43.3 Å². The van der Waals surface area contributed by atoms with Crippen molar-refractivity contribution in [2.75, 3.05) is 7.11 Å². The topological polar surface area (TPSA) is 39.4 Å². The van der Waals surface area contributed by atoms with Gasteiger partial charge in [0.1, 0.15) is 17.2 Å². The van der Waals surface area contributed by atoms with Crippen LogP contribution in [0.1, 0.15) is 5.82 Å². The van der Waals surface area contributed by atoms with E-state index in [2.05, 4.69) is 15.5 Å². The smallest absolute Gasteiger partial charge is 0.148 e. The highest BCUT2D eigenvalue weighted by molar-refractivity contribution is 5.97. The van der Waals surface area contributed by atoms with Crippen LogP contribution in [0, 0.1) is 6.92 Å². The average Bonchev–Trinajstić information content (AvgIpc) is 2.87. The zero-order valence-electron chi connectivity index (χ0n) is 11.3. The standard InChI is InChI=1S/C16H13N3O/c1-10-17-13-8-7-11(20-2)9-12(13)16-18-14-5-3-4-6-15(14)19(10)16/h3-9H,1-2H3. The maximum absolute atomic E-state index is 5.31. The molecule has 0 aliphatic carbocycles. The molecule has 0 bridgehead atoms. The van der Waals surface area contributed by atoms with Gasteiger partial charge < -0.3 is 4.74 Å². The number of hydrogen-bond acceptors (Lipinski definition) is 3. The van der Waals surface area contributed by atoms with Crippen molar-refractivity contribution in [1.29, 1.82) is 0 Å². The van der Waals surface area contributed by atoms with Crippen LogP contribution in [-0.4, -0.2) is 21.5 Å². The van der Waals surface area contributed by atoms with E-state index in [1.165, 1.54) is 0 Å². The van der Waals surface area contributed by atoms with E-state index in [1.54, 1.807) is 7.11 Å². The van der Waals surface area contributed by atoms with Crippen molar-refractivity contribution in [3.63, 3.8) is 0 Å². The van der Waals surface area contributed by atoms with Crippen molar-refractivity contribution >= 4 is 27.6 Å². The fraction of sp³-hybridized carbons (Fsp3) is 0.125. The highest BCUT2D eigenvalue weighted by atomic mass is 16.5. The molecule has 4 nitrogen and oxygen atoms in total. The fourth-order valence-electron chi connectivity index (χ4n) is 2.68. The van der Waals surface area contributed by atoms with Crippen LogP contribution in [0.25, 0.3) is 27.6 Å². The zero-order chi connectivity index (χ0) is 13.7. The molecule has 4 aromatic rings. The molecule has 0 fully saturated rings. The van der Waals surface area contributed by atoms with Crippen molar-refractivity contribution in [2.45, 2.75) is 6.92 Å². The van der Waals surface area contributed by atoms with Gasteiger partial charge in [0.05, 0.1) is 23.7 Å². The van der Waals surface area contributed by atoms with Gasteiger partial charge in [-0.1, -0.05) is 12.1 Å². The Kier molecular flexibility index (Phi) is 2.21. The molecule has 0 saturated carbocycles. The lowest BCUT2D eigenvalue weighted by atomic mass is 10.2. The summed E-state index contributed by atoms with van der Waals surface area (Å²) in [6.07, 6.45) is 0. The number of hydrogen-bond donors (Lipinski definition) is 0. The summed E-state index contributed by atoms with van der Waals surface area (Å²) in [6, 6.07) is 14.0. The molecule has 0 N–H and O–H groups in total. The Bertz CT molecular complexity index is 956. The molecule has 0 aliphatic heterocycles. The van der Waals surface area contributed by atoms with Crippen LogP contribution in [0.2, 0.25) is 0 Å². The van der Waals surface area contributed by atoms with Gasteiger partial charge in [0.2, 0.25) is 0 Å². The first-order chi connectivity index (χ1) is 9.78.